The number of fused-ring (bicyclic) bond motifs is 11. The van der Waals surface area contributed by atoms with Crippen LogP contribution in [0.4, 0.5) is 0 Å². The number of hydrogen-bond donors (Lipinski definition) is 0. The van der Waals surface area contributed by atoms with E-state index in [0.717, 1.165) is 16.7 Å². The summed E-state index contributed by atoms with van der Waals surface area (Å²) in [7, 11) is 0. The highest BCUT2D eigenvalue weighted by atomic mass is 15.0. The smallest absolute Gasteiger partial charge is 0.146 e. The molecule has 9 aromatic rings. The second-order valence-electron chi connectivity index (χ2n) is 10.8. The topological polar surface area (TPSA) is 17.3 Å². The van der Waals surface area contributed by atoms with Crippen molar-refractivity contribution in [3.8, 4) is 22.3 Å². The molecule has 0 aliphatic heterocycles. The molecule has 9 rings (SSSR count). The maximum atomic E-state index is 5.05. The summed E-state index contributed by atoms with van der Waals surface area (Å²) in [5.74, 6) is 0. The van der Waals surface area contributed by atoms with Gasteiger partial charge in [-0.05, 0) is 85.6 Å². The highest BCUT2D eigenvalue weighted by molar-refractivity contribution is 6.15. The van der Waals surface area contributed by atoms with Gasteiger partial charge < -0.3 is 0 Å². The molecule has 0 unspecified atom stereocenters. The molecule has 0 aliphatic carbocycles. The van der Waals surface area contributed by atoms with E-state index < -0.39 is 0 Å². The molecule has 0 radical (unpaired) electrons. The number of aromatic nitrogens is 2. The Morgan fingerprint density at radius 2 is 1.02 bits per heavy atom. The Kier molecular flexibility index (Phi) is 4.64. The van der Waals surface area contributed by atoms with Crippen molar-refractivity contribution in [3.63, 3.8) is 0 Å². The van der Waals surface area contributed by atoms with Crippen molar-refractivity contribution in [2.75, 3.05) is 0 Å². The second kappa shape index (κ2) is 8.51. The maximum absolute atomic E-state index is 5.05. The van der Waals surface area contributed by atoms with Crippen molar-refractivity contribution in [2.24, 2.45) is 0 Å². The zero-order chi connectivity index (χ0) is 26.9. The monoisotopic (exact) mass is 520 g/mol. The third kappa shape index (κ3) is 3.28. The molecule has 7 aromatic carbocycles. The van der Waals surface area contributed by atoms with Gasteiger partial charge in [0.1, 0.15) is 5.65 Å². The van der Waals surface area contributed by atoms with Gasteiger partial charge in [0.15, 0.2) is 0 Å². The first-order valence-electron chi connectivity index (χ1n) is 14.1. The van der Waals surface area contributed by atoms with Crippen LogP contribution in [-0.4, -0.2) is 9.38 Å². The van der Waals surface area contributed by atoms with Gasteiger partial charge in [-0.25, -0.2) is 4.98 Å². The molecule has 0 fully saturated rings. The molecule has 0 spiro atoms. The standard InChI is InChI=1S/C39H24N2/c1-2-10-29-28(9-1)24-34(31-12-4-3-11-30(29)31)26-19-17-25(18-20-26)27-21-22-33-35(23-27)32-13-5-7-15-37(32)41-38-16-8-6-14-36(38)40-39(33)41/h1-24H. The normalized spacial score (nSPS) is 11.9. The largest absolute Gasteiger partial charge is 0.292 e. The van der Waals surface area contributed by atoms with Crippen LogP contribution in [-0.2, 0) is 0 Å². The molecular weight excluding hydrogens is 496 g/mol. The van der Waals surface area contributed by atoms with Gasteiger partial charge in [-0.3, -0.25) is 4.40 Å². The molecule has 41 heavy (non-hydrogen) atoms. The molecule has 190 valence electrons. The summed E-state index contributed by atoms with van der Waals surface area (Å²) < 4.78 is 2.30. The molecule has 0 saturated heterocycles. The van der Waals surface area contributed by atoms with Crippen molar-refractivity contribution in [3.05, 3.63) is 146 Å². The van der Waals surface area contributed by atoms with E-state index in [1.165, 1.54) is 65.5 Å². The van der Waals surface area contributed by atoms with Gasteiger partial charge >= 0.3 is 0 Å². The molecule has 0 aliphatic rings. The fourth-order valence-corrected chi connectivity index (χ4v) is 6.62. The summed E-state index contributed by atoms with van der Waals surface area (Å²) in [4.78, 5) is 5.05. The molecule has 2 aromatic heterocycles. The zero-order valence-corrected chi connectivity index (χ0v) is 22.3. The summed E-state index contributed by atoms with van der Waals surface area (Å²) in [6, 6.07) is 52.6. The van der Waals surface area contributed by atoms with Crippen molar-refractivity contribution in [1.82, 2.24) is 9.38 Å². The lowest BCUT2D eigenvalue weighted by Gasteiger charge is -2.13. The average Bonchev–Trinajstić information content (AvgIpc) is 3.44. The highest BCUT2D eigenvalue weighted by Gasteiger charge is 2.14. The van der Waals surface area contributed by atoms with Crippen LogP contribution in [0.25, 0.3) is 82.2 Å². The van der Waals surface area contributed by atoms with Gasteiger partial charge in [0.2, 0.25) is 0 Å². The summed E-state index contributed by atoms with van der Waals surface area (Å²) in [5, 5.41) is 8.78. The number of nitrogens with zero attached hydrogens (tertiary/aromatic N) is 2. The van der Waals surface area contributed by atoms with Crippen molar-refractivity contribution >= 4 is 59.9 Å². The highest BCUT2D eigenvalue weighted by Crippen LogP contribution is 2.37. The summed E-state index contributed by atoms with van der Waals surface area (Å²) in [6.45, 7) is 0. The number of imidazole rings is 1. The average molecular weight is 521 g/mol. The quantitative estimate of drug-likeness (QED) is 0.207. The molecule has 2 nitrogen and oxygen atoms in total. The Morgan fingerprint density at radius 1 is 0.390 bits per heavy atom. The van der Waals surface area contributed by atoms with Crippen LogP contribution in [0.15, 0.2) is 146 Å². The molecule has 0 N–H and O–H groups in total. The van der Waals surface area contributed by atoms with Crippen LogP contribution in [0.3, 0.4) is 0 Å². The minimum absolute atomic E-state index is 1.00. The first-order chi connectivity index (χ1) is 20.3. The van der Waals surface area contributed by atoms with E-state index in [9.17, 15) is 0 Å². The van der Waals surface area contributed by atoms with Gasteiger partial charge in [0.05, 0.1) is 16.6 Å². The van der Waals surface area contributed by atoms with Crippen LogP contribution < -0.4 is 0 Å². The van der Waals surface area contributed by atoms with Crippen molar-refractivity contribution < 1.29 is 0 Å². The SMILES string of the molecule is c1ccc2c(c1)cc(-c1ccc(-c3ccc4c(c3)c3ccccc3n3c5ccccc5nc43)cc1)c1ccccc12. The van der Waals surface area contributed by atoms with E-state index in [2.05, 4.69) is 150 Å². The van der Waals surface area contributed by atoms with Crippen molar-refractivity contribution in [1.29, 1.82) is 0 Å². The number of benzene rings is 7. The zero-order valence-electron chi connectivity index (χ0n) is 22.3. The second-order valence-corrected chi connectivity index (χ2v) is 10.8. The Morgan fingerprint density at radius 3 is 1.88 bits per heavy atom. The summed E-state index contributed by atoms with van der Waals surface area (Å²) in [6.07, 6.45) is 0. The van der Waals surface area contributed by atoms with Crippen LogP contribution in [0.5, 0.6) is 0 Å². The first-order valence-corrected chi connectivity index (χ1v) is 14.1. The third-order valence-electron chi connectivity index (χ3n) is 8.55. The number of rotatable bonds is 2. The van der Waals surface area contributed by atoms with E-state index in [-0.39, 0.29) is 0 Å². The van der Waals surface area contributed by atoms with Gasteiger partial charge in [-0.15, -0.1) is 0 Å². The number of para-hydroxylation sites is 3. The molecule has 2 heterocycles. The first kappa shape index (κ1) is 22.4. The van der Waals surface area contributed by atoms with Gasteiger partial charge in [0.25, 0.3) is 0 Å². The minimum Gasteiger partial charge on any atom is -0.292 e. The number of hydrogen-bond acceptors (Lipinski definition) is 1. The van der Waals surface area contributed by atoms with Crippen LogP contribution >= 0.6 is 0 Å². The predicted molar refractivity (Wildman–Crippen MR) is 174 cm³/mol. The lowest BCUT2D eigenvalue weighted by Crippen LogP contribution is -1.92. The molecular formula is C39H24N2. The van der Waals surface area contributed by atoms with Gasteiger partial charge in [-0.2, -0.15) is 0 Å². The Labute approximate surface area is 236 Å². The van der Waals surface area contributed by atoms with E-state index in [1.54, 1.807) is 0 Å². The molecule has 0 bridgehead atoms. The van der Waals surface area contributed by atoms with E-state index >= 15 is 0 Å². The van der Waals surface area contributed by atoms with Gasteiger partial charge in [0, 0.05) is 10.8 Å². The third-order valence-corrected chi connectivity index (χ3v) is 8.55. The van der Waals surface area contributed by atoms with Gasteiger partial charge in [-0.1, -0.05) is 109 Å². The summed E-state index contributed by atoms with van der Waals surface area (Å²) in [5.41, 5.74) is 9.25. The predicted octanol–water partition coefficient (Wildman–Crippen LogP) is 10.4. The summed E-state index contributed by atoms with van der Waals surface area (Å²) >= 11 is 0. The van der Waals surface area contributed by atoms with Crippen molar-refractivity contribution in [2.45, 2.75) is 0 Å². The Hall–Kier alpha value is -5.47. The fraction of sp³-hybridized carbons (Fsp3) is 0. The minimum atomic E-state index is 1.00. The molecule has 0 saturated carbocycles. The Balaban J connectivity index is 1.22. The van der Waals surface area contributed by atoms with Crippen LogP contribution in [0.2, 0.25) is 0 Å². The molecule has 2 heteroatoms. The molecule has 0 atom stereocenters. The Bertz CT molecular complexity index is 2460. The maximum Gasteiger partial charge on any atom is 0.146 e. The van der Waals surface area contributed by atoms with E-state index in [0.29, 0.717) is 0 Å². The lowest BCUT2D eigenvalue weighted by atomic mass is 9.92. The van der Waals surface area contributed by atoms with Crippen LogP contribution in [0.1, 0.15) is 0 Å². The van der Waals surface area contributed by atoms with E-state index in [4.69, 9.17) is 4.98 Å². The lowest BCUT2D eigenvalue weighted by molar-refractivity contribution is 1.31. The number of pyridine rings is 1. The van der Waals surface area contributed by atoms with E-state index in [1.807, 2.05) is 0 Å². The van der Waals surface area contributed by atoms with Crippen LogP contribution in [0, 0.1) is 0 Å². The molecule has 0 amide bonds. The fourth-order valence-electron chi connectivity index (χ4n) is 6.62.